The smallest absolute Gasteiger partial charge is 0.305 e. The number of aromatic amines is 1. The fourth-order valence-corrected chi connectivity index (χ4v) is 3.54. The van der Waals surface area contributed by atoms with Crippen LogP contribution in [0.1, 0.15) is 35.8 Å². The van der Waals surface area contributed by atoms with Crippen LogP contribution in [0.25, 0.3) is 5.69 Å². The number of aliphatic imine (C=N–C) groups is 1. The third-order valence-corrected chi connectivity index (χ3v) is 4.92. The van der Waals surface area contributed by atoms with Crippen molar-refractivity contribution in [2.45, 2.75) is 18.9 Å². The molecule has 2 heterocycles. The normalized spacial score (nSPS) is 15.2. The van der Waals surface area contributed by atoms with Crippen molar-refractivity contribution in [3.8, 4) is 5.69 Å². The molecule has 1 atom stereocenters. The van der Waals surface area contributed by atoms with Crippen LogP contribution in [0, 0.1) is 10.6 Å². The number of halogens is 1. The number of H-pyrrole nitrogens is 1. The molecule has 142 valence electrons. The molecule has 1 N–H and O–H groups in total. The number of carbonyl (C=O) groups is 1. The third kappa shape index (κ3) is 3.27. The van der Waals surface area contributed by atoms with E-state index < -0.39 is 6.04 Å². The Morgan fingerprint density at radius 1 is 1.25 bits per heavy atom. The SMILES string of the molecule is COC(=O)CC[C@@H]1N=C(c2ccc(F)cc2)c2ccccc2-n2c1n[nH]c2=S. The zero-order valence-corrected chi connectivity index (χ0v) is 15.9. The molecule has 3 aromatic rings. The van der Waals surface area contributed by atoms with Crippen LogP contribution in [0.4, 0.5) is 4.39 Å². The van der Waals surface area contributed by atoms with Crippen molar-refractivity contribution in [2.75, 3.05) is 7.11 Å². The second-order valence-electron chi connectivity index (χ2n) is 6.35. The van der Waals surface area contributed by atoms with Crippen LogP contribution in [0.2, 0.25) is 0 Å². The van der Waals surface area contributed by atoms with E-state index in [-0.39, 0.29) is 18.2 Å². The van der Waals surface area contributed by atoms with Gasteiger partial charge < -0.3 is 4.74 Å². The average Bonchev–Trinajstić information content (AvgIpc) is 3.03. The molecule has 0 spiro atoms. The number of hydrogen-bond donors (Lipinski definition) is 1. The lowest BCUT2D eigenvalue weighted by molar-refractivity contribution is -0.140. The van der Waals surface area contributed by atoms with E-state index in [9.17, 15) is 9.18 Å². The van der Waals surface area contributed by atoms with Gasteiger partial charge in [0.25, 0.3) is 0 Å². The highest BCUT2D eigenvalue weighted by Crippen LogP contribution is 2.32. The molecule has 0 unspecified atom stereocenters. The monoisotopic (exact) mass is 396 g/mol. The van der Waals surface area contributed by atoms with Gasteiger partial charge in [-0.15, -0.1) is 0 Å². The van der Waals surface area contributed by atoms with Crippen molar-refractivity contribution in [3.63, 3.8) is 0 Å². The second kappa shape index (κ2) is 7.47. The van der Waals surface area contributed by atoms with Gasteiger partial charge in [0.05, 0.1) is 18.5 Å². The number of fused-ring (bicyclic) bond motifs is 3. The van der Waals surface area contributed by atoms with Crippen molar-refractivity contribution in [2.24, 2.45) is 4.99 Å². The van der Waals surface area contributed by atoms with E-state index in [0.717, 1.165) is 16.8 Å². The summed E-state index contributed by atoms with van der Waals surface area (Å²) in [7, 11) is 1.36. The van der Waals surface area contributed by atoms with Crippen LogP contribution < -0.4 is 0 Å². The fourth-order valence-electron chi connectivity index (χ4n) is 3.31. The van der Waals surface area contributed by atoms with Gasteiger partial charge in [-0.2, -0.15) is 5.10 Å². The molecule has 4 rings (SSSR count). The molecular weight excluding hydrogens is 379 g/mol. The summed E-state index contributed by atoms with van der Waals surface area (Å²) in [5.74, 6) is -0.0108. The van der Waals surface area contributed by atoms with E-state index in [2.05, 4.69) is 10.2 Å². The quantitative estimate of drug-likeness (QED) is 0.536. The lowest BCUT2D eigenvalue weighted by Crippen LogP contribution is -2.09. The van der Waals surface area contributed by atoms with Gasteiger partial charge in [-0.25, -0.2) is 4.39 Å². The number of esters is 1. The minimum Gasteiger partial charge on any atom is -0.469 e. The molecule has 0 amide bonds. The predicted molar refractivity (Wildman–Crippen MR) is 105 cm³/mol. The van der Waals surface area contributed by atoms with Crippen molar-refractivity contribution in [1.82, 2.24) is 14.8 Å². The van der Waals surface area contributed by atoms with E-state index >= 15 is 0 Å². The molecule has 0 bridgehead atoms. The molecule has 2 aromatic carbocycles. The van der Waals surface area contributed by atoms with Gasteiger partial charge in [-0.05, 0) is 49.0 Å². The molecule has 0 saturated carbocycles. The lowest BCUT2D eigenvalue weighted by atomic mass is 10.0. The predicted octanol–water partition coefficient (Wildman–Crippen LogP) is 3.91. The molecule has 1 aliphatic rings. The maximum Gasteiger partial charge on any atom is 0.305 e. The number of para-hydroxylation sites is 1. The fraction of sp³-hybridized carbons (Fsp3) is 0.200. The zero-order valence-electron chi connectivity index (χ0n) is 15.1. The molecule has 0 saturated heterocycles. The van der Waals surface area contributed by atoms with E-state index in [0.29, 0.717) is 22.7 Å². The number of benzene rings is 2. The summed E-state index contributed by atoms with van der Waals surface area (Å²) in [6.07, 6.45) is 0.600. The number of hydrogen-bond acceptors (Lipinski definition) is 5. The van der Waals surface area contributed by atoms with Gasteiger partial charge in [0.15, 0.2) is 10.6 Å². The van der Waals surface area contributed by atoms with Gasteiger partial charge in [-0.3, -0.25) is 19.5 Å². The van der Waals surface area contributed by atoms with Crippen molar-refractivity contribution in [3.05, 3.63) is 76.1 Å². The first-order chi connectivity index (χ1) is 13.6. The Balaban J connectivity index is 1.91. The van der Waals surface area contributed by atoms with Gasteiger partial charge in [0, 0.05) is 17.5 Å². The van der Waals surface area contributed by atoms with Crippen LogP contribution >= 0.6 is 12.2 Å². The second-order valence-corrected chi connectivity index (χ2v) is 6.74. The zero-order chi connectivity index (χ0) is 19.7. The van der Waals surface area contributed by atoms with E-state index in [1.165, 1.54) is 19.2 Å². The van der Waals surface area contributed by atoms with Crippen molar-refractivity contribution in [1.29, 1.82) is 0 Å². The van der Waals surface area contributed by atoms with Crippen LogP contribution in [0.3, 0.4) is 0 Å². The standard InChI is InChI=1S/C20H17FN4O2S/c1-27-17(26)11-10-15-19-23-24-20(28)25(19)16-5-3-2-4-14(16)18(22-15)12-6-8-13(21)9-7-12/h2-9,15H,10-11H2,1H3,(H,24,28)/t15-/m0/s1. The largest absolute Gasteiger partial charge is 0.469 e. The first-order valence-electron chi connectivity index (χ1n) is 8.76. The minimum absolute atomic E-state index is 0.192. The molecule has 1 aliphatic heterocycles. The Kier molecular flexibility index (Phi) is 4.87. The summed E-state index contributed by atoms with van der Waals surface area (Å²) in [5.41, 5.74) is 3.16. The number of ether oxygens (including phenoxy) is 1. The maximum absolute atomic E-state index is 13.5. The van der Waals surface area contributed by atoms with Crippen LogP contribution in [-0.4, -0.2) is 33.6 Å². The molecule has 0 fully saturated rings. The average molecular weight is 396 g/mol. The highest BCUT2D eigenvalue weighted by atomic mass is 32.1. The van der Waals surface area contributed by atoms with Gasteiger partial charge >= 0.3 is 5.97 Å². The van der Waals surface area contributed by atoms with E-state index in [4.69, 9.17) is 21.9 Å². The first kappa shape index (κ1) is 18.2. The molecule has 8 heteroatoms. The summed E-state index contributed by atoms with van der Waals surface area (Å²) >= 11 is 5.45. The number of rotatable bonds is 4. The molecule has 0 aliphatic carbocycles. The topological polar surface area (TPSA) is 72.3 Å². The maximum atomic E-state index is 13.5. The molecular formula is C20H17FN4O2S. The van der Waals surface area contributed by atoms with Crippen molar-refractivity contribution >= 4 is 23.9 Å². The van der Waals surface area contributed by atoms with Crippen LogP contribution in [-0.2, 0) is 9.53 Å². The van der Waals surface area contributed by atoms with E-state index in [1.54, 1.807) is 12.1 Å². The number of methoxy groups -OCH3 is 1. The number of carbonyl (C=O) groups excluding carboxylic acids is 1. The first-order valence-corrected chi connectivity index (χ1v) is 9.17. The third-order valence-electron chi connectivity index (χ3n) is 4.65. The summed E-state index contributed by atoms with van der Waals surface area (Å²) in [4.78, 5) is 16.6. The van der Waals surface area contributed by atoms with Crippen LogP contribution in [0.15, 0.2) is 53.5 Å². The van der Waals surface area contributed by atoms with Gasteiger partial charge in [-0.1, -0.05) is 18.2 Å². The Labute approximate surface area is 165 Å². The molecule has 0 radical (unpaired) electrons. The van der Waals surface area contributed by atoms with Crippen LogP contribution in [0.5, 0.6) is 0 Å². The lowest BCUT2D eigenvalue weighted by Gasteiger charge is -2.11. The molecule has 6 nitrogen and oxygen atoms in total. The Morgan fingerprint density at radius 2 is 2.00 bits per heavy atom. The highest BCUT2D eigenvalue weighted by molar-refractivity contribution is 7.71. The Morgan fingerprint density at radius 3 is 2.75 bits per heavy atom. The summed E-state index contributed by atoms with van der Waals surface area (Å²) in [6.45, 7) is 0. The number of nitrogens with one attached hydrogen (secondary N) is 1. The number of nitrogens with zero attached hydrogens (tertiary/aromatic N) is 3. The Hall–Kier alpha value is -3.13. The van der Waals surface area contributed by atoms with Crippen molar-refractivity contribution < 1.29 is 13.9 Å². The minimum atomic E-state index is -0.417. The Bertz CT molecular complexity index is 1120. The summed E-state index contributed by atoms with van der Waals surface area (Å²) < 4.78 is 20.5. The summed E-state index contributed by atoms with van der Waals surface area (Å²) in [6, 6.07) is 13.5. The van der Waals surface area contributed by atoms with E-state index in [1.807, 2.05) is 28.8 Å². The number of aromatic nitrogens is 3. The van der Waals surface area contributed by atoms with Gasteiger partial charge in [0.1, 0.15) is 11.9 Å². The molecule has 1 aromatic heterocycles. The molecule has 28 heavy (non-hydrogen) atoms. The highest BCUT2D eigenvalue weighted by Gasteiger charge is 2.27. The summed E-state index contributed by atoms with van der Waals surface area (Å²) in [5, 5.41) is 7.19. The van der Waals surface area contributed by atoms with Gasteiger partial charge in [0.2, 0.25) is 0 Å².